The molecule has 0 fully saturated rings. The molecule has 0 aliphatic rings. The fourth-order valence-corrected chi connectivity index (χ4v) is 1.89. The standard InChI is InChI=1S/C16H14N2O/c1-13-6-5-7-14(12-13)16(19)18(11-10-17)15-8-3-2-4-9-15/h2-9,12H,11H2,1H3. The van der Waals surface area contributed by atoms with Crippen LogP contribution in [-0.4, -0.2) is 12.5 Å². The number of hydrogen-bond donors (Lipinski definition) is 0. The maximum atomic E-state index is 12.5. The van der Waals surface area contributed by atoms with Crippen molar-refractivity contribution in [2.45, 2.75) is 6.92 Å². The summed E-state index contributed by atoms with van der Waals surface area (Å²) in [7, 11) is 0. The monoisotopic (exact) mass is 250 g/mol. The second-order valence-corrected chi connectivity index (χ2v) is 4.25. The molecule has 0 N–H and O–H groups in total. The molecule has 0 spiro atoms. The SMILES string of the molecule is Cc1cccc(C(=O)N(CC#N)c2ccccc2)c1. The van der Waals surface area contributed by atoms with Crippen LogP contribution in [0.1, 0.15) is 15.9 Å². The lowest BCUT2D eigenvalue weighted by molar-refractivity contribution is 0.0990. The number of anilines is 1. The minimum Gasteiger partial charge on any atom is -0.295 e. The number of hydrogen-bond acceptors (Lipinski definition) is 2. The highest BCUT2D eigenvalue weighted by atomic mass is 16.2. The van der Waals surface area contributed by atoms with Gasteiger partial charge in [-0.1, -0.05) is 35.9 Å². The molecule has 3 heteroatoms. The Morgan fingerprint density at radius 1 is 1.16 bits per heavy atom. The Balaban J connectivity index is 2.35. The quantitative estimate of drug-likeness (QED) is 0.785. The third-order valence-electron chi connectivity index (χ3n) is 2.81. The van der Waals surface area contributed by atoms with Gasteiger partial charge in [-0.05, 0) is 31.2 Å². The first-order valence-corrected chi connectivity index (χ1v) is 6.03. The number of nitriles is 1. The maximum absolute atomic E-state index is 12.5. The van der Waals surface area contributed by atoms with Crippen LogP contribution in [0.4, 0.5) is 5.69 Å². The molecule has 94 valence electrons. The Labute approximate surface area is 112 Å². The van der Waals surface area contributed by atoms with E-state index in [4.69, 9.17) is 5.26 Å². The lowest BCUT2D eigenvalue weighted by atomic mass is 10.1. The first-order valence-electron chi connectivity index (χ1n) is 6.03. The van der Waals surface area contributed by atoms with E-state index in [-0.39, 0.29) is 12.5 Å². The Bertz CT molecular complexity index is 614. The topological polar surface area (TPSA) is 44.1 Å². The van der Waals surface area contributed by atoms with Gasteiger partial charge in [0.05, 0.1) is 6.07 Å². The molecular weight excluding hydrogens is 236 g/mol. The molecule has 0 aromatic heterocycles. The number of carbonyl (C=O) groups excluding carboxylic acids is 1. The summed E-state index contributed by atoms with van der Waals surface area (Å²) in [6.45, 7) is 1.98. The minimum absolute atomic E-state index is 0.0385. The van der Waals surface area contributed by atoms with E-state index in [9.17, 15) is 4.79 Å². The van der Waals surface area contributed by atoms with Gasteiger partial charge in [-0.25, -0.2) is 0 Å². The van der Waals surface area contributed by atoms with Crippen LogP contribution < -0.4 is 4.90 Å². The van der Waals surface area contributed by atoms with Crippen molar-refractivity contribution in [2.24, 2.45) is 0 Å². The summed E-state index contributed by atoms with van der Waals surface area (Å²) in [6.07, 6.45) is 0. The number of nitrogens with zero attached hydrogens (tertiary/aromatic N) is 2. The molecule has 3 nitrogen and oxygen atoms in total. The molecule has 0 radical (unpaired) electrons. The normalized spacial score (nSPS) is 9.68. The third-order valence-corrected chi connectivity index (χ3v) is 2.81. The number of amides is 1. The van der Waals surface area contributed by atoms with Gasteiger partial charge in [-0.3, -0.25) is 9.69 Å². The summed E-state index contributed by atoms with van der Waals surface area (Å²) in [5.74, 6) is -0.156. The molecule has 2 aromatic rings. The van der Waals surface area contributed by atoms with Crippen molar-refractivity contribution in [3.8, 4) is 6.07 Å². The van der Waals surface area contributed by atoms with E-state index in [0.29, 0.717) is 5.56 Å². The van der Waals surface area contributed by atoms with Crippen molar-refractivity contribution >= 4 is 11.6 Å². The Morgan fingerprint density at radius 2 is 1.89 bits per heavy atom. The second-order valence-electron chi connectivity index (χ2n) is 4.25. The van der Waals surface area contributed by atoms with Crippen molar-refractivity contribution in [3.05, 3.63) is 65.7 Å². The van der Waals surface area contributed by atoms with Crippen LogP contribution in [-0.2, 0) is 0 Å². The van der Waals surface area contributed by atoms with Crippen molar-refractivity contribution in [1.29, 1.82) is 5.26 Å². The number of benzene rings is 2. The molecule has 0 heterocycles. The average Bonchev–Trinajstić information content (AvgIpc) is 2.45. The Kier molecular flexibility index (Phi) is 3.94. The zero-order valence-electron chi connectivity index (χ0n) is 10.7. The number of para-hydroxylation sites is 1. The first kappa shape index (κ1) is 12.8. The Morgan fingerprint density at radius 3 is 2.53 bits per heavy atom. The minimum atomic E-state index is -0.156. The molecule has 0 bridgehead atoms. The predicted octanol–water partition coefficient (Wildman–Crippen LogP) is 3.17. The van der Waals surface area contributed by atoms with Gasteiger partial charge in [-0.15, -0.1) is 0 Å². The highest BCUT2D eigenvalue weighted by molar-refractivity contribution is 6.06. The van der Waals surface area contributed by atoms with E-state index < -0.39 is 0 Å². The van der Waals surface area contributed by atoms with Gasteiger partial charge in [0.2, 0.25) is 0 Å². The summed E-state index contributed by atoms with van der Waals surface area (Å²) in [5.41, 5.74) is 2.35. The van der Waals surface area contributed by atoms with Gasteiger partial charge >= 0.3 is 0 Å². The zero-order chi connectivity index (χ0) is 13.7. The van der Waals surface area contributed by atoms with E-state index in [1.54, 1.807) is 6.07 Å². The first-order chi connectivity index (χ1) is 9.22. The Hall–Kier alpha value is -2.60. The van der Waals surface area contributed by atoms with E-state index in [0.717, 1.165) is 11.3 Å². The lowest BCUT2D eigenvalue weighted by Crippen LogP contribution is -2.31. The smallest absolute Gasteiger partial charge is 0.259 e. The van der Waals surface area contributed by atoms with Crippen LogP contribution in [0.2, 0.25) is 0 Å². The molecule has 0 saturated heterocycles. The summed E-state index contributed by atoms with van der Waals surface area (Å²) >= 11 is 0. The summed E-state index contributed by atoms with van der Waals surface area (Å²) < 4.78 is 0. The van der Waals surface area contributed by atoms with Crippen molar-refractivity contribution in [2.75, 3.05) is 11.4 Å². The molecular formula is C16H14N2O. The second kappa shape index (κ2) is 5.83. The van der Waals surface area contributed by atoms with Crippen LogP contribution in [0.3, 0.4) is 0 Å². The van der Waals surface area contributed by atoms with Crippen LogP contribution in [0.15, 0.2) is 54.6 Å². The van der Waals surface area contributed by atoms with Gasteiger partial charge in [-0.2, -0.15) is 5.26 Å². The molecule has 0 unspecified atom stereocenters. The molecule has 0 atom stereocenters. The maximum Gasteiger partial charge on any atom is 0.259 e. The summed E-state index contributed by atoms with van der Waals surface area (Å²) in [4.78, 5) is 13.9. The van der Waals surface area contributed by atoms with Crippen LogP contribution >= 0.6 is 0 Å². The molecule has 0 saturated carbocycles. The van der Waals surface area contributed by atoms with Crippen LogP contribution in [0, 0.1) is 18.3 Å². The van der Waals surface area contributed by atoms with E-state index in [1.165, 1.54) is 4.90 Å². The largest absolute Gasteiger partial charge is 0.295 e. The van der Waals surface area contributed by atoms with Crippen molar-refractivity contribution in [3.63, 3.8) is 0 Å². The lowest BCUT2D eigenvalue weighted by Gasteiger charge is -2.19. The van der Waals surface area contributed by atoms with Crippen molar-refractivity contribution in [1.82, 2.24) is 0 Å². The predicted molar refractivity (Wildman–Crippen MR) is 74.9 cm³/mol. The van der Waals surface area contributed by atoms with E-state index in [2.05, 4.69) is 0 Å². The highest BCUT2D eigenvalue weighted by Crippen LogP contribution is 2.17. The van der Waals surface area contributed by atoms with E-state index >= 15 is 0 Å². The van der Waals surface area contributed by atoms with Crippen LogP contribution in [0.5, 0.6) is 0 Å². The zero-order valence-corrected chi connectivity index (χ0v) is 10.7. The van der Waals surface area contributed by atoms with Gasteiger partial charge < -0.3 is 0 Å². The third kappa shape index (κ3) is 2.99. The van der Waals surface area contributed by atoms with Gasteiger partial charge in [0.25, 0.3) is 5.91 Å². The fraction of sp³-hybridized carbons (Fsp3) is 0.125. The summed E-state index contributed by atoms with van der Waals surface area (Å²) in [6, 6.07) is 18.6. The van der Waals surface area contributed by atoms with Crippen molar-refractivity contribution < 1.29 is 4.79 Å². The molecule has 19 heavy (non-hydrogen) atoms. The van der Waals surface area contributed by atoms with Gasteiger partial charge in [0.1, 0.15) is 6.54 Å². The number of carbonyl (C=O) groups is 1. The molecule has 0 aliphatic heterocycles. The molecule has 2 aromatic carbocycles. The molecule has 0 aliphatic carbocycles. The van der Waals surface area contributed by atoms with Crippen LogP contribution in [0.25, 0.3) is 0 Å². The molecule has 1 amide bonds. The number of rotatable bonds is 3. The van der Waals surface area contributed by atoms with E-state index in [1.807, 2.05) is 61.5 Å². The van der Waals surface area contributed by atoms with Gasteiger partial charge in [0.15, 0.2) is 0 Å². The van der Waals surface area contributed by atoms with Gasteiger partial charge in [0, 0.05) is 11.3 Å². The number of aryl methyl sites for hydroxylation is 1. The highest BCUT2D eigenvalue weighted by Gasteiger charge is 2.17. The molecule has 2 rings (SSSR count). The average molecular weight is 250 g/mol. The summed E-state index contributed by atoms with van der Waals surface area (Å²) in [5, 5.41) is 8.90. The fourth-order valence-electron chi connectivity index (χ4n) is 1.89.